The number of rotatable bonds is 5. The van der Waals surface area contributed by atoms with Gasteiger partial charge < -0.3 is 9.80 Å². The minimum atomic E-state index is -0.295. The first-order chi connectivity index (χ1) is 11.0. The van der Waals surface area contributed by atoms with Crippen LogP contribution < -0.4 is 0 Å². The summed E-state index contributed by atoms with van der Waals surface area (Å²) in [5, 5.41) is 0. The van der Waals surface area contributed by atoms with Crippen molar-refractivity contribution in [1.82, 2.24) is 9.80 Å². The Morgan fingerprint density at radius 1 is 1.13 bits per heavy atom. The summed E-state index contributed by atoms with van der Waals surface area (Å²) in [4.78, 5) is 28.3. The highest BCUT2D eigenvalue weighted by Crippen LogP contribution is 2.20. The van der Waals surface area contributed by atoms with Crippen LogP contribution in [0.5, 0.6) is 0 Å². The van der Waals surface area contributed by atoms with E-state index in [2.05, 4.69) is 0 Å². The molecular weight excluding hydrogens is 295 g/mol. The molecule has 0 bridgehead atoms. The molecule has 0 atom stereocenters. The standard InChI is InChI=1S/C18H25FN2O2/c1-3-20(4-2)18(23)15-9-11-21(12-10-15)17(22)13-14-5-7-16(19)8-6-14/h5-8,15H,3-4,9-13H2,1-2H3. The normalized spacial score (nSPS) is 15.5. The second-order valence-corrected chi connectivity index (χ2v) is 5.97. The molecule has 1 heterocycles. The molecule has 0 spiro atoms. The average Bonchev–Trinajstić information content (AvgIpc) is 2.58. The molecule has 2 rings (SSSR count). The van der Waals surface area contributed by atoms with Gasteiger partial charge in [0, 0.05) is 32.1 Å². The van der Waals surface area contributed by atoms with E-state index in [1.54, 1.807) is 12.1 Å². The molecule has 0 unspecified atom stereocenters. The van der Waals surface area contributed by atoms with Gasteiger partial charge in [0.2, 0.25) is 11.8 Å². The van der Waals surface area contributed by atoms with Gasteiger partial charge in [-0.15, -0.1) is 0 Å². The maximum atomic E-state index is 12.9. The molecule has 0 N–H and O–H groups in total. The molecule has 5 heteroatoms. The molecule has 1 aliphatic rings. The van der Waals surface area contributed by atoms with Crippen LogP contribution in [-0.2, 0) is 16.0 Å². The van der Waals surface area contributed by atoms with Gasteiger partial charge in [-0.3, -0.25) is 9.59 Å². The molecule has 1 saturated heterocycles. The Balaban J connectivity index is 1.85. The maximum absolute atomic E-state index is 12.9. The van der Waals surface area contributed by atoms with Gasteiger partial charge in [0.15, 0.2) is 0 Å². The average molecular weight is 320 g/mol. The van der Waals surface area contributed by atoms with Crippen molar-refractivity contribution in [1.29, 1.82) is 0 Å². The smallest absolute Gasteiger partial charge is 0.226 e. The largest absolute Gasteiger partial charge is 0.343 e. The van der Waals surface area contributed by atoms with Gasteiger partial charge >= 0.3 is 0 Å². The quantitative estimate of drug-likeness (QED) is 0.836. The third-order valence-corrected chi connectivity index (χ3v) is 4.54. The molecule has 0 aliphatic carbocycles. The van der Waals surface area contributed by atoms with E-state index < -0.39 is 0 Å². The minimum absolute atomic E-state index is 0.0322. The van der Waals surface area contributed by atoms with Gasteiger partial charge in [0.05, 0.1) is 6.42 Å². The van der Waals surface area contributed by atoms with E-state index in [-0.39, 0.29) is 30.0 Å². The van der Waals surface area contributed by atoms with Crippen LogP contribution in [0, 0.1) is 11.7 Å². The lowest BCUT2D eigenvalue weighted by molar-refractivity contribution is -0.140. The number of nitrogens with zero attached hydrogens (tertiary/aromatic N) is 2. The second kappa shape index (κ2) is 8.09. The molecule has 126 valence electrons. The van der Waals surface area contributed by atoms with Crippen LogP contribution in [0.25, 0.3) is 0 Å². The van der Waals surface area contributed by atoms with E-state index in [1.165, 1.54) is 12.1 Å². The molecular formula is C18H25FN2O2. The van der Waals surface area contributed by atoms with Crippen LogP contribution >= 0.6 is 0 Å². The number of hydrogen-bond donors (Lipinski definition) is 0. The number of carbonyl (C=O) groups excluding carboxylic acids is 2. The zero-order chi connectivity index (χ0) is 16.8. The topological polar surface area (TPSA) is 40.6 Å². The number of carbonyl (C=O) groups is 2. The van der Waals surface area contributed by atoms with Crippen LogP contribution in [0.3, 0.4) is 0 Å². The van der Waals surface area contributed by atoms with Crippen molar-refractivity contribution in [2.24, 2.45) is 5.92 Å². The summed E-state index contributed by atoms with van der Waals surface area (Å²) in [5.74, 6) is -0.00678. The minimum Gasteiger partial charge on any atom is -0.343 e. The number of benzene rings is 1. The molecule has 1 aromatic rings. The predicted octanol–water partition coefficient (Wildman–Crippen LogP) is 2.48. The fourth-order valence-corrected chi connectivity index (χ4v) is 3.06. The van der Waals surface area contributed by atoms with Gasteiger partial charge in [-0.05, 0) is 44.4 Å². The van der Waals surface area contributed by atoms with Gasteiger partial charge in [-0.1, -0.05) is 12.1 Å². The van der Waals surface area contributed by atoms with Gasteiger partial charge in [-0.25, -0.2) is 4.39 Å². The van der Waals surface area contributed by atoms with Crippen LogP contribution in [0.4, 0.5) is 4.39 Å². The lowest BCUT2D eigenvalue weighted by atomic mass is 9.94. The third-order valence-electron chi connectivity index (χ3n) is 4.54. The first kappa shape index (κ1) is 17.4. The monoisotopic (exact) mass is 320 g/mol. The summed E-state index contributed by atoms with van der Waals surface area (Å²) in [6, 6.07) is 6.03. The van der Waals surface area contributed by atoms with E-state index in [4.69, 9.17) is 0 Å². The van der Waals surface area contributed by atoms with E-state index >= 15 is 0 Å². The van der Waals surface area contributed by atoms with Gasteiger partial charge in [0.1, 0.15) is 5.82 Å². The Labute approximate surface area is 137 Å². The third kappa shape index (κ3) is 4.53. The Hall–Kier alpha value is -1.91. The molecule has 1 fully saturated rings. The van der Waals surface area contributed by atoms with Gasteiger partial charge in [0.25, 0.3) is 0 Å². The van der Waals surface area contributed by atoms with Crippen molar-refractivity contribution in [3.63, 3.8) is 0 Å². The number of hydrogen-bond acceptors (Lipinski definition) is 2. The highest BCUT2D eigenvalue weighted by atomic mass is 19.1. The first-order valence-corrected chi connectivity index (χ1v) is 8.36. The highest BCUT2D eigenvalue weighted by Gasteiger charge is 2.29. The maximum Gasteiger partial charge on any atom is 0.226 e. The zero-order valence-corrected chi connectivity index (χ0v) is 13.9. The van der Waals surface area contributed by atoms with E-state index in [1.807, 2.05) is 23.6 Å². The van der Waals surface area contributed by atoms with Crippen LogP contribution in [0.15, 0.2) is 24.3 Å². The number of piperidine rings is 1. The Bertz CT molecular complexity index is 532. The molecule has 0 saturated carbocycles. The Kier molecular flexibility index (Phi) is 6.13. The van der Waals surface area contributed by atoms with E-state index in [9.17, 15) is 14.0 Å². The zero-order valence-electron chi connectivity index (χ0n) is 13.9. The summed E-state index contributed by atoms with van der Waals surface area (Å²) >= 11 is 0. The summed E-state index contributed by atoms with van der Waals surface area (Å²) in [7, 11) is 0. The molecule has 23 heavy (non-hydrogen) atoms. The lowest BCUT2D eigenvalue weighted by Crippen LogP contribution is -2.44. The van der Waals surface area contributed by atoms with E-state index in [0.717, 1.165) is 31.5 Å². The number of halogens is 1. The number of amides is 2. The Morgan fingerprint density at radius 2 is 1.70 bits per heavy atom. The van der Waals surface area contributed by atoms with Crippen molar-refractivity contribution in [2.75, 3.05) is 26.2 Å². The number of likely N-dealkylation sites (tertiary alicyclic amines) is 1. The molecule has 1 aromatic carbocycles. The predicted molar refractivity (Wildman–Crippen MR) is 87.3 cm³/mol. The fourth-order valence-electron chi connectivity index (χ4n) is 3.06. The summed E-state index contributed by atoms with van der Waals surface area (Å²) in [6.07, 6.45) is 1.74. The van der Waals surface area contributed by atoms with Crippen molar-refractivity contribution in [2.45, 2.75) is 33.1 Å². The molecule has 2 amide bonds. The van der Waals surface area contributed by atoms with E-state index in [0.29, 0.717) is 13.1 Å². The van der Waals surface area contributed by atoms with Crippen molar-refractivity contribution in [3.8, 4) is 0 Å². The van der Waals surface area contributed by atoms with Crippen molar-refractivity contribution >= 4 is 11.8 Å². The first-order valence-electron chi connectivity index (χ1n) is 8.36. The Morgan fingerprint density at radius 3 is 2.22 bits per heavy atom. The fraction of sp³-hybridized carbons (Fsp3) is 0.556. The molecule has 0 radical (unpaired) electrons. The SMILES string of the molecule is CCN(CC)C(=O)C1CCN(C(=O)Cc2ccc(F)cc2)CC1. The van der Waals surface area contributed by atoms with Crippen LogP contribution in [-0.4, -0.2) is 47.8 Å². The molecule has 0 aromatic heterocycles. The second-order valence-electron chi connectivity index (χ2n) is 5.97. The van der Waals surface area contributed by atoms with Crippen molar-refractivity contribution < 1.29 is 14.0 Å². The van der Waals surface area contributed by atoms with Crippen LogP contribution in [0.2, 0.25) is 0 Å². The molecule has 1 aliphatic heterocycles. The highest BCUT2D eigenvalue weighted by molar-refractivity contribution is 5.81. The van der Waals surface area contributed by atoms with Crippen molar-refractivity contribution in [3.05, 3.63) is 35.6 Å². The van der Waals surface area contributed by atoms with Gasteiger partial charge in [-0.2, -0.15) is 0 Å². The summed E-state index contributed by atoms with van der Waals surface area (Å²) in [6.45, 7) is 6.69. The lowest BCUT2D eigenvalue weighted by Gasteiger charge is -2.33. The summed E-state index contributed by atoms with van der Waals surface area (Å²) in [5.41, 5.74) is 0.817. The molecule has 4 nitrogen and oxygen atoms in total. The summed E-state index contributed by atoms with van der Waals surface area (Å²) < 4.78 is 12.9. The van der Waals surface area contributed by atoms with Crippen LogP contribution in [0.1, 0.15) is 32.3 Å².